The number of ether oxygens (including phenoxy) is 3. The summed E-state index contributed by atoms with van der Waals surface area (Å²) < 4.78 is 17.1. The fourth-order valence-corrected chi connectivity index (χ4v) is 6.97. The molecular weight excluding hydrogens is 630 g/mol. The molecule has 0 fully saturated rings. The van der Waals surface area contributed by atoms with Gasteiger partial charge in [0.25, 0.3) is 0 Å². The Morgan fingerprint density at radius 3 is 2.39 bits per heavy atom. The van der Waals surface area contributed by atoms with Crippen LogP contribution in [0.15, 0.2) is 76.9 Å². The Hall–Kier alpha value is -3.99. The Kier molecular flexibility index (Phi) is 10.0. The van der Waals surface area contributed by atoms with Gasteiger partial charge in [-0.2, -0.15) is 0 Å². The number of hydrogen-bond acceptors (Lipinski definition) is 9. The van der Waals surface area contributed by atoms with E-state index in [1.165, 1.54) is 32.0 Å². The summed E-state index contributed by atoms with van der Waals surface area (Å²) in [6.45, 7) is 1.35. The van der Waals surface area contributed by atoms with Gasteiger partial charge in [0.05, 0.1) is 26.9 Å². The summed E-state index contributed by atoms with van der Waals surface area (Å²) in [5.41, 5.74) is -0.505. The van der Waals surface area contributed by atoms with Crippen molar-refractivity contribution >= 4 is 40.8 Å². The van der Waals surface area contributed by atoms with Crippen LogP contribution in [0.5, 0.6) is 17.2 Å². The van der Waals surface area contributed by atoms with Gasteiger partial charge in [0.1, 0.15) is 22.1 Å². The van der Waals surface area contributed by atoms with Crippen LogP contribution in [0.3, 0.4) is 0 Å². The van der Waals surface area contributed by atoms with Crippen LogP contribution in [0.1, 0.15) is 47.2 Å². The molecule has 1 amide bonds. The minimum Gasteiger partial charge on any atom is -0.507 e. The molecule has 1 unspecified atom stereocenters. The molecular formula is C35H36ClNO8S. The van der Waals surface area contributed by atoms with E-state index in [0.29, 0.717) is 12.0 Å². The largest absolute Gasteiger partial charge is 0.507 e. The molecule has 2 aliphatic rings. The lowest BCUT2D eigenvalue weighted by molar-refractivity contribution is -0.122. The van der Waals surface area contributed by atoms with Crippen molar-refractivity contribution in [3.05, 3.63) is 93.7 Å². The van der Waals surface area contributed by atoms with Crippen molar-refractivity contribution in [2.45, 2.75) is 48.6 Å². The first-order valence-electron chi connectivity index (χ1n) is 14.8. The average molecular weight is 666 g/mol. The second-order valence-corrected chi connectivity index (χ2v) is 12.7. The number of halogens is 1. The number of aliphatic hydroxyl groups is 2. The Balaban J connectivity index is 1.58. The first kappa shape index (κ1) is 33.4. The zero-order valence-electron chi connectivity index (χ0n) is 26.0. The lowest BCUT2D eigenvalue weighted by Gasteiger charge is -2.38. The Labute approximate surface area is 276 Å². The van der Waals surface area contributed by atoms with Gasteiger partial charge in [-0.05, 0) is 35.9 Å². The molecule has 1 spiro atoms. The number of carbonyl (C=O) groups is 3. The van der Waals surface area contributed by atoms with E-state index in [1.807, 2.05) is 48.7 Å². The molecule has 3 N–H and O–H groups in total. The van der Waals surface area contributed by atoms with Crippen molar-refractivity contribution in [3.8, 4) is 17.2 Å². The van der Waals surface area contributed by atoms with E-state index in [0.717, 1.165) is 10.5 Å². The van der Waals surface area contributed by atoms with Crippen LogP contribution in [0.4, 0.5) is 0 Å². The third-order valence-electron chi connectivity index (χ3n) is 8.68. The van der Waals surface area contributed by atoms with Crippen molar-refractivity contribution in [1.29, 1.82) is 0 Å². The minimum atomic E-state index is -1.98. The summed E-state index contributed by atoms with van der Waals surface area (Å²) in [6.07, 6.45) is 1.96. The van der Waals surface area contributed by atoms with E-state index in [-0.39, 0.29) is 52.9 Å². The molecule has 0 saturated carbocycles. The third-order valence-corrected chi connectivity index (χ3v) is 9.78. The number of benzene rings is 3. The van der Waals surface area contributed by atoms with Crippen LogP contribution in [0.25, 0.3) is 0 Å². The number of ketones is 2. The molecule has 0 radical (unpaired) electrons. The fraction of sp³-hybridized carbons (Fsp3) is 0.343. The number of methoxy groups -OCH3 is 2. The number of hydrogen-bond donors (Lipinski definition) is 3. The summed E-state index contributed by atoms with van der Waals surface area (Å²) in [6, 6.07) is 17.7. The minimum absolute atomic E-state index is 0.0136. The molecule has 9 nitrogen and oxygen atoms in total. The number of nitrogens with one attached hydrogen (secondary N) is 1. The maximum absolute atomic E-state index is 14.3. The maximum Gasteiger partial charge on any atom is 0.231 e. The predicted octanol–water partition coefficient (Wildman–Crippen LogP) is 5.71. The lowest BCUT2D eigenvalue weighted by atomic mass is 9.69. The Morgan fingerprint density at radius 1 is 1.11 bits per heavy atom. The highest BCUT2D eigenvalue weighted by atomic mass is 35.5. The lowest BCUT2D eigenvalue weighted by Crippen LogP contribution is -2.53. The molecule has 46 heavy (non-hydrogen) atoms. The highest BCUT2D eigenvalue weighted by molar-refractivity contribution is 7.98. The standard InChI is InChI=1S/C35H36ClNO8S/c1-19-14-25(39)29(33(41)35(19)34(42)30-26(43-2)17-27(44-3)31(36)32(30)45-35)24(21-10-12-23(46-4)13-11-21)16-28(40)37-22(18-38)15-20-8-6-5-7-9-20/h5-13,17,19,22,24,38,41H,14-16,18H2,1-4H3,(H,37,40)/t19-,22-,24?,35+/m1/s1. The maximum atomic E-state index is 14.3. The zero-order valence-corrected chi connectivity index (χ0v) is 27.5. The Morgan fingerprint density at radius 2 is 1.78 bits per heavy atom. The molecule has 1 aliphatic carbocycles. The van der Waals surface area contributed by atoms with Gasteiger partial charge in [-0.25, -0.2) is 0 Å². The van der Waals surface area contributed by atoms with Crippen LogP contribution in [0, 0.1) is 5.92 Å². The SMILES string of the molecule is COc1cc(OC)c2c(c1Cl)O[C@]1(C2=O)C(O)=C(C(CC(=O)N[C@@H](CO)Cc2ccccc2)c2ccc(SC)cc2)C(=O)C[C@H]1C. The summed E-state index contributed by atoms with van der Waals surface area (Å²) in [7, 11) is 2.80. The molecule has 242 valence electrons. The van der Waals surface area contributed by atoms with Crippen molar-refractivity contribution < 1.29 is 38.8 Å². The van der Waals surface area contributed by atoms with Crippen molar-refractivity contribution in [3.63, 3.8) is 0 Å². The first-order chi connectivity index (χ1) is 22.1. The fourth-order valence-electron chi connectivity index (χ4n) is 6.29. The number of aliphatic hydroxyl groups excluding tert-OH is 2. The van der Waals surface area contributed by atoms with Gasteiger partial charge in [0.15, 0.2) is 17.3 Å². The summed E-state index contributed by atoms with van der Waals surface area (Å²) in [5.74, 6) is -3.40. The van der Waals surface area contributed by atoms with E-state index in [4.69, 9.17) is 25.8 Å². The van der Waals surface area contributed by atoms with Gasteiger partial charge in [0, 0.05) is 41.2 Å². The molecule has 1 aliphatic heterocycles. The van der Waals surface area contributed by atoms with Crippen LogP contribution in [-0.2, 0) is 16.0 Å². The summed E-state index contributed by atoms with van der Waals surface area (Å²) in [5, 5.41) is 25.0. The number of thioether (sulfide) groups is 1. The molecule has 0 saturated heterocycles. The number of amides is 1. The molecule has 4 atom stereocenters. The molecule has 0 bridgehead atoms. The van der Waals surface area contributed by atoms with Crippen molar-refractivity contribution in [2.24, 2.45) is 5.92 Å². The number of rotatable bonds is 11. The summed E-state index contributed by atoms with van der Waals surface area (Å²) >= 11 is 8.12. The van der Waals surface area contributed by atoms with E-state index < -0.39 is 46.7 Å². The van der Waals surface area contributed by atoms with Crippen LogP contribution in [-0.4, -0.2) is 66.4 Å². The highest BCUT2D eigenvalue weighted by Gasteiger charge is 2.61. The molecule has 5 rings (SSSR count). The van der Waals surface area contributed by atoms with Gasteiger partial charge < -0.3 is 29.7 Å². The second kappa shape index (κ2) is 13.8. The molecule has 11 heteroatoms. The van der Waals surface area contributed by atoms with E-state index >= 15 is 0 Å². The normalized spacial score (nSPS) is 20.3. The number of fused-ring (bicyclic) bond motifs is 1. The molecule has 3 aromatic carbocycles. The first-order valence-corrected chi connectivity index (χ1v) is 16.4. The van der Waals surface area contributed by atoms with Crippen LogP contribution < -0.4 is 19.5 Å². The quantitative estimate of drug-likeness (QED) is 0.221. The monoisotopic (exact) mass is 665 g/mol. The van der Waals surface area contributed by atoms with Gasteiger partial charge in [0.2, 0.25) is 17.3 Å². The topological polar surface area (TPSA) is 131 Å². The molecule has 0 aromatic heterocycles. The smallest absolute Gasteiger partial charge is 0.231 e. The van der Waals surface area contributed by atoms with Gasteiger partial charge in [-0.1, -0.05) is 61.0 Å². The predicted molar refractivity (Wildman–Crippen MR) is 175 cm³/mol. The summed E-state index contributed by atoms with van der Waals surface area (Å²) in [4.78, 5) is 42.7. The van der Waals surface area contributed by atoms with Crippen molar-refractivity contribution in [1.82, 2.24) is 5.32 Å². The second-order valence-electron chi connectivity index (χ2n) is 11.4. The molecule has 3 aromatic rings. The number of carbonyl (C=O) groups excluding carboxylic acids is 3. The Bertz CT molecular complexity index is 1680. The van der Waals surface area contributed by atoms with Gasteiger partial charge in [-0.3, -0.25) is 14.4 Å². The highest BCUT2D eigenvalue weighted by Crippen LogP contribution is 2.55. The number of Topliss-reactive ketones (excluding diaryl/α,β-unsaturated/α-hetero) is 2. The third kappa shape index (κ3) is 5.97. The van der Waals surface area contributed by atoms with Gasteiger partial charge >= 0.3 is 0 Å². The number of allylic oxidation sites excluding steroid dienone is 1. The van der Waals surface area contributed by atoms with Crippen LogP contribution >= 0.6 is 23.4 Å². The average Bonchev–Trinajstić information content (AvgIpc) is 3.38. The molecule has 1 heterocycles. The zero-order chi connectivity index (χ0) is 33.2. The van der Waals surface area contributed by atoms with E-state index in [1.54, 1.807) is 19.1 Å². The van der Waals surface area contributed by atoms with Crippen molar-refractivity contribution in [2.75, 3.05) is 27.1 Å². The van der Waals surface area contributed by atoms with Gasteiger partial charge in [-0.15, -0.1) is 11.8 Å². The van der Waals surface area contributed by atoms with E-state index in [2.05, 4.69) is 5.32 Å². The van der Waals surface area contributed by atoms with Crippen LogP contribution in [0.2, 0.25) is 5.02 Å². The van der Waals surface area contributed by atoms with E-state index in [9.17, 15) is 24.6 Å².